The number of hydrogen-bond donors (Lipinski definition) is 1. The Morgan fingerprint density at radius 2 is 2.18 bits per heavy atom. The predicted molar refractivity (Wildman–Crippen MR) is 93.9 cm³/mol. The molecule has 1 aliphatic rings. The van der Waals surface area contributed by atoms with Crippen molar-refractivity contribution in [1.29, 1.82) is 0 Å². The standard InChI is InChI=1S/C15H18ClN3O.2ClH/c16-12-4-1-3-11(7-12)14-8-18-15(20-14)10-19-6-2-5-13(17)9-19;;/h1,3-4,7-8,13H,2,5-6,9-10,17H2;2*1H. The Hall–Kier alpha value is -0.780. The first-order chi connectivity index (χ1) is 9.70. The lowest BCUT2D eigenvalue weighted by molar-refractivity contribution is 0.185. The first-order valence-corrected chi connectivity index (χ1v) is 7.27. The highest BCUT2D eigenvalue weighted by Gasteiger charge is 2.18. The summed E-state index contributed by atoms with van der Waals surface area (Å²) >= 11 is 5.99. The number of nitrogens with two attached hydrogens (primary N) is 1. The number of aromatic nitrogens is 1. The molecular weight excluding hydrogens is 345 g/mol. The van der Waals surface area contributed by atoms with Gasteiger partial charge < -0.3 is 10.2 Å². The molecule has 2 heterocycles. The van der Waals surface area contributed by atoms with Crippen LogP contribution in [-0.2, 0) is 6.54 Å². The number of piperidine rings is 1. The van der Waals surface area contributed by atoms with Crippen molar-refractivity contribution < 1.29 is 4.42 Å². The van der Waals surface area contributed by atoms with Crippen LogP contribution in [0.15, 0.2) is 34.9 Å². The maximum atomic E-state index is 5.99. The molecule has 1 atom stereocenters. The third kappa shape index (κ3) is 4.86. The number of benzene rings is 1. The molecule has 0 amide bonds. The zero-order valence-corrected chi connectivity index (χ0v) is 14.5. The molecule has 0 aliphatic carbocycles. The predicted octanol–water partition coefficient (Wildman–Crippen LogP) is 3.76. The van der Waals surface area contributed by atoms with Gasteiger partial charge in [-0.3, -0.25) is 4.90 Å². The minimum atomic E-state index is 0. The molecule has 4 nitrogen and oxygen atoms in total. The van der Waals surface area contributed by atoms with Gasteiger partial charge in [-0.15, -0.1) is 24.8 Å². The van der Waals surface area contributed by atoms with Gasteiger partial charge in [-0.25, -0.2) is 4.98 Å². The second-order valence-corrected chi connectivity index (χ2v) is 5.70. The molecule has 1 unspecified atom stereocenters. The number of oxazole rings is 1. The molecule has 22 heavy (non-hydrogen) atoms. The largest absolute Gasteiger partial charge is 0.439 e. The summed E-state index contributed by atoms with van der Waals surface area (Å²) in [5.74, 6) is 1.48. The van der Waals surface area contributed by atoms with Crippen molar-refractivity contribution in [2.45, 2.75) is 25.4 Å². The Labute approximate surface area is 147 Å². The molecule has 0 saturated carbocycles. The lowest BCUT2D eigenvalue weighted by Gasteiger charge is -2.29. The van der Waals surface area contributed by atoms with Crippen LogP contribution >= 0.6 is 36.4 Å². The molecule has 1 fully saturated rings. The molecule has 0 radical (unpaired) electrons. The van der Waals surface area contributed by atoms with E-state index in [1.165, 1.54) is 0 Å². The fraction of sp³-hybridized carbons (Fsp3) is 0.400. The van der Waals surface area contributed by atoms with Gasteiger partial charge in [0.25, 0.3) is 0 Å². The summed E-state index contributed by atoms with van der Waals surface area (Å²) in [7, 11) is 0. The van der Waals surface area contributed by atoms with E-state index in [1.807, 2.05) is 24.3 Å². The molecule has 1 saturated heterocycles. The van der Waals surface area contributed by atoms with Crippen molar-refractivity contribution in [3.8, 4) is 11.3 Å². The molecule has 1 aromatic heterocycles. The highest BCUT2D eigenvalue weighted by Crippen LogP contribution is 2.24. The Morgan fingerprint density at radius 3 is 2.91 bits per heavy atom. The summed E-state index contributed by atoms with van der Waals surface area (Å²) in [6.45, 7) is 2.69. The van der Waals surface area contributed by atoms with Crippen molar-refractivity contribution in [2.75, 3.05) is 13.1 Å². The third-order valence-electron chi connectivity index (χ3n) is 3.56. The molecule has 3 rings (SSSR count). The molecule has 1 aromatic carbocycles. The molecule has 1 aliphatic heterocycles. The van der Waals surface area contributed by atoms with E-state index >= 15 is 0 Å². The third-order valence-corrected chi connectivity index (χ3v) is 3.80. The van der Waals surface area contributed by atoms with Crippen LogP contribution in [0.3, 0.4) is 0 Å². The van der Waals surface area contributed by atoms with Gasteiger partial charge in [0.15, 0.2) is 5.76 Å². The molecule has 122 valence electrons. The Morgan fingerprint density at radius 1 is 1.36 bits per heavy atom. The summed E-state index contributed by atoms with van der Waals surface area (Å²) in [6, 6.07) is 7.86. The first-order valence-electron chi connectivity index (χ1n) is 6.89. The van der Waals surface area contributed by atoms with E-state index in [0.29, 0.717) is 11.6 Å². The van der Waals surface area contributed by atoms with Crippen molar-refractivity contribution in [2.24, 2.45) is 5.73 Å². The SMILES string of the molecule is Cl.Cl.NC1CCCN(Cc2ncc(-c3cccc(Cl)c3)o2)C1. The lowest BCUT2D eigenvalue weighted by atomic mass is 10.1. The number of halogens is 3. The Kier molecular flexibility index (Phi) is 7.66. The smallest absolute Gasteiger partial charge is 0.209 e. The van der Waals surface area contributed by atoms with Gasteiger partial charge >= 0.3 is 0 Å². The first kappa shape index (κ1) is 19.3. The van der Waals surface area contributed by atoms with Crippen LogP contribution in [0.4, 0.5) is 0 Å². The quantitative estimate of drug-likeness (QED) is 0.901. The van der Waals surface area contributed by atoms with Crippen LogP contribution in [0, 0.1) is 0 Å². The van der Waals surface area contributed by atoms with Crippen LogP contribution in [0.2, 0.25) is 5.02 Å². The average molecular weight is 365 g/mol. The summed E-state index contributed by atoms with van der Waals surface area (Å²) in [6.07, 6.45) is 4.00. The van der Waals surface area contributed by atoms with E-state index in [-0.39, 0.29) is 30.9 Å². The maximum Gasteiger partial charge on any atom is 0.209 e. The Bertz CT molecular complexity index is 591. The lowest BCUT2D eigenvalue weighted by Crippen LogP contribution is -2.42. The second kappa shape index (κ2) is 8.75. The van der Waals surface area contributed by atoms with Crippen LogP contribution < -0.4 is 5.73 Å². The van der Waals surface area contributed by atoms with Gasteiger partial charge in [0.1, 0.15) is 0 Å². The van der Waals surface area contributed by atoms with Crippen molar-refractivity contribution in [3.63, 3.8) is 0 Å². The van der Waals surface area contributed by atoms with E-state index in [0.717, 1.165) is 43.1 Å². The number of hydrogen-bond acceptors (Lipinski definition) is 4. The fourth-order valence-corrected chi connectivity index (χ4v) is 2.78. The highest BCUT2D eigenvalue weighted by atomic mass is 35.5. The van der Waals surface area contributed by atoms with E-state index in [4.69, 9.17) is 21.8 Å². The van der Waals surface area contributed by atoms with Gasteiger partial charge in [-0.1, -0.05) is 23.7 Å². The van der Waals surface area contributed by atoms with Gasteiger partial charge in [0.05, 0.1) is 12.7 Å². The van der Waals surface area contributed by atoms with E-state index < -0.39 is 0 Å². The molecule has 2 N–H and O–H groups in total. The maximum absolute atomic E-state index is 5.99. The van der Waals surface area contributed by atoms with E-state index in [2.05, 4.69) is 9.88 Å². The molecule has 0 spiro atoms. The summed E-state index contributed by atoms with van der Waals surface area (Å²) in [4.78, 5) is 6.64. The number of nitrogens with zero attached hydrogens (tertiary/aromatic N) is 2. The highest BCUT2D eigenvalue weighted by molar-refractivity contribution is 6.30. The molecule has 7 heteroatoms. The normalized spacial score (nSPS) is 18.4. The van der Waals surface area contributed by atoms with Gasteiger partial charge in [-0.05, 0) is 31.5 Å². The van der Waals surface area contributed by atoms with Crippen LogP contribution in [0.25, 0.3) is 11.3 Å². The summed E-state index contributed by atoms with van der Waals surface area (Å²) < 4.78 is 5.81. The minimum Gasteiger partial charge on any atom is -0.439 e. The molecule has 2 aromatic rings. The zero-order chi connectivity index (χ0) is 13.9. The Balaban J connectivity index is 0.00000121. The second-order valence-electron chi connectivity index (χ2n) is 5.27. The van der Waals surface area contributed by atoms with Crippen LogP contribution in [0.5, 0.6) is 0 Å². The average Bonchev–Trinajstić information content (AvgIpc) is 2.87. The molecular formula is C15H20Cl3N3O. The summed E-state index contributed by atoms with van der Waals surface area (Å²) in [5, 5.41) is 0.697. The topological polar surface area (TPSA) is 55.3 Å². The van der Waals surface area contributed by atoms with Crippen molar-refractivity contribution in [3.05, 3.63) is 41.4 Å². The number of likely N-dealkylation sites (tertiary alicyclic amines) is 1. The van der Waals surface area contributed by atoms with Gasteiger partial charge in [0.2, 0.25) is 5.89 Å². The zero-order valence-electron chi connectivity index (χ0n) is 12.1. The summed E-state index contributed by atoms with van der Waals surface area (Å²) in [5.41, 5.74) is 6.93. The van der Waals surface area contributed by atoms with Crippen LogP contribution in [0.1, 0.15) is 18.7 Å². The minimum absolute atomic E-state index is 0. The van der Waals surface area contributed by atoms with E-state index in [1.54, 1.807) is 6.20 Å². The van der Waals surface area contributed by atoms with Crippen molar-refractivity contribution in [1.82, 2.24) is 9.88 Å². The van der Waals surface area contributed by atoms with Crippen molar-refractivity contribution >= 4 is 36.4 Å². The van der Waals surface area contributed by atoms with Gasteiger partial charge in [0, 0.05) is 23.2 Å². The number of rotatable bonds is 3. The monoisotopic (exact) mass is 363 g/mol. The fourth-order valence-electron chi connectivity index (χ4n) is 2.58. The van der Waals surface area contributed by atoms with Crippen LogP contribution in [-0.4, -0.2) is 29.0 Å². The van der Waals surface area contributed by atoms with Gasteiger partial charge in [-0.2, -0.15) is 0 Å². The molecule has 0 bridgehead atoms. The van der Waals surface area contributed by atoms with E-state index in [9.17, 15) is 0 Å².